The largest absolute Gasteiger partial charge is 0.378 e. The van der Waals surface area contributed by atoms with E-state index in [0.717, 1.165) is 0 Å². The zero-order chi connectivity index (χ0) is 14.9. The summed E-state index contributed by atoms with van der Waals surface area (Å²) in [5.41, 5.74) is -1.10. The summed E-state index contributed by atoms with van der Waals surface area (Å²) in [6, 6.07) is -0.343. The average molecular weight is 295 g/mol. The molecular weight excluding hydrogens is 285 g/mol. The number of halogens is 5. The van der Waals surface area contributed by atoms with Gasteiger partial charge in [-0.25, -0.2) is 26.7 Å². The highest BCUT2D eigenvalue weighted by molar-refractivity contribution is 5.76. The average Bonchev–Trinajstić information content (AvgIpc) is 2.84. The highest BCUT2D eigenvalue weighted by Crippen LogP contribution is 2.26. The lowest BCUT2D eigenvalue weighted by Gasteiger charge is -2.16. The second-order valence-electron chi connectivity index (χ2n) is 4.09. The van der Waals surface area contributed by atoms with Gasteiger partial charge in [0.2, 0.25) is 5.82 Å². The molecule has 0 spiro atoms. The Morgan fingerprint density at radius 3 is 2.05 bits per heavy atom. The number of hydrogen-bond acceptors (Lipinski definition) is 2. The van der Waals surface area contributed by atoms with Gasteiger partial charge in [0.05, 0.1) is 0 Å². The fraction of sp³-hybridized carbons (Fsp3) is 0.364. The van der Waals surface area contributed by atoms with E-state index >= 15 is 0 Å². The molecule has 4 nitrogen and oxygen atoms in total. The maximum absolute atomic E-state index is 13.3. The molecule has 9 heteroatoms. The van der Waals surface area contributed by atoms with Crippen LogP contribution in [0.3, 0.4) is 0 Å². The maximum atomic E-state index is 13.3. The van der Waals surface area contributed by atoms with E-state index in [2.05, 4.69) is 10.6 Å². The molecule has 2 rings (SSSR count). The second kappa shape index (κ2) is 5.51. The van der Waals surface area contributed by atoms with Gasteiger partial charge in [-0.05, 0) is 0 Å². The molecule has 0 aromatic heterocycles. The minimum atomic E-state index is -2.20. The lowest BCUT2D eigenvalue weighted by atomic mass is 10.2. The van der Waals surface area contributed by atoms with Gasteiger partial charge in [-0.1, -0.05) is 0 Å². The lowest BCUT2D eigenvalue weighted by Crippen LogP contribution is -2.32. The van der Waals surface area contributed by atoms with Crippen LogP contribution in [0.1, 0.15) is 0 Å². The van der Waals surface area contributed by atoms with E-state index < -0.39 is 34.8 Å². The van der Waals surface area contributed by atoms with Crippen molar-refractivity contribution in [3.05, 3.63) is 29.1 Å². The van der Waals surface area contributed by atoms with Gasteiger partial charge in [0.25, 0.3) is 0 Å². The highest BCUT2D eigenvalue weighted by Gasteiger charge is 2.26. The van der Waals surface area contributed by atoms with Crippen molar-refractivity contribution in [2.24, 2.45) is 0 Å². The Morgan fingerprint density at radius 2 is 1.55 bits per heavy atom. The van der Waals surface area contributed by atoms with Gasteiger partial charge in [0.15, 0.2) is 23.3 Å². The van der Waals surface area contributed by atoms with Crippen LogP contribution in [-0.2, 0) is 0 Å². The molecule has 20 heavy (non-hydrogen) atoms. The predicted octanol–water partition coefficient (Wildman–Crippen LogP) is 1.82. The van der Waals surface area contributed by atoms with Gasteiger partial charge >= 0.3 is 6.03 Å². The van der Waals surface area contributed by atoms with Crippen molar-refractivity contribution in [2.45, 2.75) is 0 Å². The summed E-state index contributed by atoms with van der Waals surface area (Å²) >= 11 is 0. The molecule has 1 aliphatic heterocycles. The summed E-state index contributed by atoms with van der Waals surface area (Å²) in [6.07, 6.45) is 0. The topological polar surface area (TPSA) is 44.4 Å². The SMILES string of the molecule is O=C1NCCN1CCNc1c(F)c(F)c(F)c(F)c1F. The van der Waals surface area contributed by atoms with E-state index in [1.165, 1.54) is 4.90 Å². The van der Waals surface area contributed by atoms with Crippen LogP contribution >= 0.6 is 0 Å². The van der Waals surface area contributed by atoms with E-state index in [0.29, 0.717) is 13.1 Å². The molecule has 2 N–H and O–H groups in total. The number of urea groups is 1. The second-order valence-corrected chi connectivity index (χ2v) is 4.09. The summed E-state index contributed by atoms with van der Waals surface area (Å²) in [5.74, 6) is -10.1. The minimum Gasteiger partial charge on any atom is -0.378 e. The van der Waals surface area contributed by atoms with Crippen molar-refractivity contribution in [3.8, 4) is 0 Å². The number of benzene rings is 1. The third kappa shape index (κ3) is 2.47. The lowest BCUT2D eigenvalue weighted by molar-refractivity contribution is 0.219. The fourth-order valence-electron chi connectivity index (χ4n) is 1.80. The number of hydrogen-bond donors (Lipinski definition) is 2. The molecule has 110 valence electrons. The van der Waals surface area contributed by atoms with Crippen LogP contribution in [0.2, 0.25) is 0 Å². The van der Waals surface area contributed by atoms with Gasteiger partial charge in [-0.15, -0.1) is 0 Å². The molecule has 1 saturated heterocycles. The molecule has 1 heterocycles. The first-order valence-corrected chi connectivity index (χ1v) is 5.71. The highest BCUT2D eigenvalue weighted by atomic mass is 19.2. The molecular formula is C11H10F5N3O. The van der Waals surface area contributed by atoms with Crippen LogP contribution in [0.25, 0.3) is 0 Å². The van der Waals surface area contributed by atoms with Gasteiger partial charge < -0.3 is 15.5 Å². The molecule has 2 amide bonds. The summed E-state index contributed by atoms with van der Waals surface area (Å²) < 4.78 is 65.2. The van der Waals surface area contributed by atoms with Gasteiger partial charge in [0.1, 0.15) is 5.69 Å². The molecule has 0 aliphatic carbocycles. The summed E-state index contributed by atoms with van der Waals surface area (Å²) in [4.78, 5) is 12.5. The first-order chi connectivity index (χ1) is 9.43. The maximum Gasteiger partial charge on any atom is 0.317 e. The van der Waals surface area contributed by atoms with Gasteiger partial charge in [0, 0.05) is 26.2 Å². The Labute approximate surface area is 110 Å². The van der Waals surface area contributed by atoms with E-state index in [9.17, 15) is 26.7 Å². The summed E-state index contributed by atoms with van der Waals surface area (Å²) in [7, 11) is 0. The number of carbonyl (C=O) groups is 1. The van der Waals surface area contributed by atoms with Crippen molar-refractivity contribution < 1.29 is 26.7 Å². The van der Waals surface area contributed by atoms with Crippen molar-refractivity contribution in [3.63, 3.8) is 0 Å². The van der Waals surface area contributed by atoms with E-state index in [4.69, 9.17) is 0 Å². The van der Waals surface area contributed by atoms with Crippen LogP contribution in [-0.4, -0.2) is 37.1 Å². The first kappa shape index (κ1) is 14.4. The molecule has 1 aliphatic rings. The summed E-state index contributed by atoms with van der Waals surface area (Å²) in [6.45, 7) is 0.788. The monoisotopic (exact) mass is 295 g/mol. The van der Waals surface area contributed by atoms with Crippen molar-refractivity contribution >= 4 is 11.7 Å². The first-order valence-electron chi connectivity index (χ1n) is 5.71. The summed E-state index contributed by atoms with van der Waals surface area (Å²) in [5, 5.41) is 4.63. The molecule has 1 aromatic carbocycles. The number of rotatable bonds is 4. The number of nitrogens with zero attached hydrogens (tertiary/aromatic N) is 1. The smallest absolute Gasteiger partial charge is 0.317 e. The molecule has 0 unspecified atom stereocenters. The Morgan fingerprint density at radius 1 is 1.00 bits per heavy atom. The predicted molar refractivity (Wildman–Crippen MR) is 59.7 cm³/mol. The molecule has 0 saturated carbocycles. The number of nitrogens with one attached hydrogen (secondary N) is 2. The van der Waals surface area contributed by atoms with Gasteiger partial charge in [-0.3, -0.25) is 0 Å². The fourth-order valence-corrected chi connectivity index (χ4v) is 1.80. The van der Waals surface area contributed by atoms with E-state index in [1.807, 2.05) is 0 Å². The van der Waals surface area contributed by atoms with Crippen LogP contribution in [0.5, 0.6) is 0 Å². The van der Waals surface area contributed by atoms with Crippen LogP contribution in [0.15, 0.2) is 0 Å². The van der Waals surface area contributed by atoms with E-state index in [1.54, 1.807) is 0 Å². The molecule has 1 aromatic rings. The zero-order valence-corrected chi connectivity index (χ0v) is 10.1. The normalized spacial score (nSPS) is 14.7. The standard InChI is InChI=1S/C11H10F5N3O/c12-5-6(13)8(15)10(9(16)7(5)14)17-1-3-19-4-2-18-11(19)20/h17H,1-4H2,(H,18,20). The number of amides is 2. The number of anilines is 1. The molecule has 1 fully saturated rings. The third-order valence-electron chi connectivity index (χ3n) is 2.84. The Balaban J connectivity index is 2.08. The Bertz CT molecular complexity index is 522. The van der Waals surface area contributed by atoms with E-state index in [-0.39, 0.29) is 19.1 Å². The van der Waals surface area contributed by atoms with Crippen molar-refractivity contribution in [1.29, 1.82) is 0 Å². The quantitative estimate of drug-likeness (QED) is 0.505. The minimum absolute atomic E-state index is 0.0747. The Kier molecular flexibility index (Phi) is 3.96. The number of carbonyl (C=O) groups excluding carboxylic acids is 1. The molecule has 0 radical (unpaired) electrons. The van der Waals surface area contributed by atoms with Crippen LogP contribution in [0, 0.1) is 29.1 Å². The molecule has 0 bridgehead atoms. The van der Waals surface area contributed by atoms with Crippen LogP contribution < -0.4 is 10.6 Å². The van der Waals surface area contributed by atoms with Crippen LogP contribution in [0.4, 0.5) is 32.4 Å². The molecule has 0 atom stereocenters. The third-order valence-corrected chi connectivity index (χ3v) is 2.84. The van der Waals surface area contributed by atoms with Crippen molar-refractivity contribution in [1.82, 2.24) is 10.2 Å². The van der Waals surface area contributed by atoms with Gasteiger partial charge in [-0.2, -0.15) is 0 Å². The van der Waals surface area contributed by atoms with Crippen molar-refractivity contribution in [2.75, 3.05) is 31.5 Å². The Hall–Kier alpha value is -2.06. The zero-order valence-electron chi connectivity index (χ0n) is 10.1.